The highest BCUT2D eigenvalue weighted by atomic mass is 16.2. The molecule has 4 rings (SSSR count). The van der Waals surface area contributed by atoms with Gasteiger partial charge >= 0.3 is 0 Å². The maximum atomic E-state index is 12.9. The maximum Gasteiger partial charge on any atom is 0.257 e. The van der Waals surface area contributed by atoms with Gasteiger partial charge in [-0.15, -0.1) is 0 Å². The van der Waals surface area contributed by atoms with Crippen molar-refractivity contribution in [1.82, 2.24) is 24.8 Å². The molecule has 3 aromatic heterocycles. The molecule has 0 atom stereocenters. The van der Waals surface area contributed by atoms with E-state index < -0.39 is 0 Å². The zero-order chi connectivity index (χ0) is 17.4. The van der Waals surface area contributed by atoms with E-state index in [9.17, 15) is 4.79 Å². The predicted octanol–water partition coefficient (Wildman–Crippen LogP) is 2.71. The van der Waals surface area contributed by atoms with E-state index in [1.165, 1.54) is 0 Å². The molecule has 1 amide bonds. The van der Waals surface area contributed by atoms with E-state index in [1.807, 2.05) is 38.2 Å². The minimum absolute atomic E-state index is 0.0518. The average Bonchev–Trinajstić information content (AvgIpc) is 3.05. The summed E-state index contributed by atoms with van der Waals surface area (Å²) in [5.41, 5.74) is 5.26. The lowest BCUT2D eigenvalue weighted by Crippen LogP contribution is -2.26. The summed E-state index contributed by atoms with van der Waals surface area (Å²) in [5, 5.41) is 0. The molecule has 124 valence electrons. The molecule has 0 radical (unpaired) electrons. The minimum atomic E-state index is -0.0518. The summed E-state index contributed by atoms with van der Waals surface area (Å²) >= 11 is 0. The first-order valence-electron chi connectivity index (χ1n) is 8.09. The van der Waals surface area contributed by atoms with Crippen LogP contribution < -0.4 is 0 Å². The Labute approximate surface area is 145 Å². The quantitative estimate of drug-likeness (QED) is 0.722. The number of hydrogen-bond donors (Lipinski definition) is 0. The Bertz CT molecular complexity index is 955. The van der Waals surface area contributed by atoms with Crippen LogP contribution in [0.1, 0.15) is 32.9 Å². The number of fused-ring (bicyclic) bond motifs is 1. The lowest BCUT2D eigenvalue weighted by molar-refractivity contribution is 0.0749. The highest BCUT2D eigenvalue weighted by molar-refractivity contribution is 5.95. The van der Waals surface area contributed by atoms with Crippen LogP contribution >= 0.6 is 0 Å². The molecule has 4 heterocycles. The number of carbonyl (C=O) groups excluding carboxylic acids is 1. The SMILES string of the molecule is Cc1cc2c(cn1)CN(C(=O)c1cnc(-c3cccnc3)nc1C)C2. The van der Waals surface area contributed by atoms with Crippen LogP contribution in [-0.4, -0.2) is 30.7 Å². The Morgan fingerprint density at radius 2 is 1.92 bits per heavy atom. The number of pyridine rings is 2. The van der Waals surface area contributed by atoms with Crippen LogP contribution in [0, 0.1) is 13.8 Å². The first-order chi connectivity index (χ1) is 12.1. The second kappa shape index (κ2) is 6.05. The molecule has 0 spiro atoms. The van der Waals surface area contributed by atoms with Crippen molar-refractivity contribution in [2.24, 2.45) is 0 Å². The summed E-state index contributed by atoms with van der Waals surface area (Å²) in [6, 6.07) is 5.78. The lowest BCUT2D eigenvalue weighted by atomic mass is 10.2. The van der Waals surface area contributed by atoms with Crippen LogP contribution in [-0.2, 0) is 13.1 Å². The number of rotatable bonds is 2. The van der Waals surface area contributed by atoms with Gasteiger partial charge in [-0.25, -0.2) is 9.97 Å². The molecule has 6 nitrogen and oxygen atoms in total. The summed E-state index contributed by atoms with van der Waals surface area (Å²) < 4.78 is 0. The molecule has 0 aliphatic carbocycles. The van der Waals surface area contributed by atoms with Crippen molar-refractivity contribution in [1.29, 1.82) is 0 Å². The van der Waals surface area contributed by atoms with Crippen molar-refractivity contribution < 1.29 is 4.79 Å². The van der Waals surface area contributed by atoms with Gasteiger partial charge in [-0.3, -0.25) is 14.8 Å². The van der Waals surface area contributed by atoms with E-state index in [4.69, 9.17) is 0 Å². The van der Waals surface area contributed by atoms with Crippen molar-refractivity contribution >= 4 is 5.91 Å². The average molecular weight is 331 g/mol. The standard InChI is InChI=1S/C19H17N5O/c1-12-6-15-10-24(11-16(15)8-21-12)19(25)17-9-22-18(23-13(17)2)14-4-3-5-20-7-14/h3-9H,10-11H2,1-2H3. The number of amides is 1. The number of aromatic nitrogens is 4. The normalized spacial score (nSPS) is 13.0. The van der Waals surface area contributed by atoms with Gasteiger partial charge in [0, 0.05) is 49.1 Å². The Morgan fingerprint density at radius 3 is 2.68 bits per heavy atom. The minimum Gasteiger partial charge on any atom is -0.330 e. The van der Waals surface area contributed by atoms with Crippen LogP contribution in [0.5, 0.6) is 0 Å². The van der Waals surface area contributed by atoms with Gasteiger partial charge in [-0.1, -0.05) is 0 Å². The molecule has 0 fully saturated rings. The lowest BCUT2D eigenvalue weighted by Gasteiger charge is -2.16. The van der Waals surface area contributed by atoms with Crippen molar-refractivity contribution in [2.75, 3.05) is 0 Å². The Hall–Kier alpha value is -3.15. The summed E-state index contributed by atoms with van der Waals surface area (Å²) in [4.78, 5) is 31.9. The third-order valence-electron chi connectivity index (χ3n) is 4.36. The smallest absolute Gasteiger partial charge is 0.257 e. The summed E-state index contributed by atoms with van der Waals surface area (Å²) in [7, 11) is 0. The Morgan fingerprint density at radius 1 is 1.08 bits per heavy atom. The van der Waals surface area contributed by atoms with Crippen LogP contribution in [0.25, 0.3) is 11.4 Å². The molecule has 0 N–H and O–H groups in total. The molecule has 25 heavy (non-hydrogen) atoms. The van der Waals surface area contributed by atoms with Gasteiger partial charge in [0.05, 0.1) is 11.3 Å². The Kier molecular flexibility index (Phi) is 3.72. The van der Waals surface area contributed by atoms with Gasteiger partial charge in [0.15, 0.2) is 5.82 Å². The first kappa shape index (κ1) is 15.4. The van der Waals surface area contributed by atoms with Crippen LogP contribution in [0.15, 0.2) is 43.0 Å². The second-order valence-electron chi connectivity index (χ2n) is 6.19. The van der Waals surface area contributed by atoms with Crippen molar-refractivity contribution in [3.05, 3.63) is 71.1 Å². The van der Waals surface area contributed by atoms with E-state index in [0.29, 0.717) is 30.2 Å². The van der Waals surface area contributed by atoms with Crippen molar-refractivity contribution in [2.45, 2.75) is 26.9 Å². The van der Waals surface area contributed by atoms with E-state index in [2.05, 4.69) is 19.9 Å². The molecule has 0 bridgehead atoms. The number of nitrogens with zero attached hydrogens (tertiary/aromatic N) is 5. The van der Waals surface area contributed by atoms with Gasteiger partial charge in [-0.2, -0.15) is 0 Å². The predicted molar refractivity (Wildman–Crippen MR) is 92.6 cm³/mol. The highest BCUT2D eigenvalue weighted by Gasteiger charge is 2.26. The summed E-state index contributed by atoms with van der Waals surface area (Å²) in [5.74, 6) is 0.524. The van der Waals surface area contributed by atoms with Gasteiger partial charge in [-0.05, 0) is 43.2 Å². The van der Waals surface area contributed by atoms with Gasteiger partial charge < -0.3 is 4.90 Å². The van der Waals surface area contributed by atoms with Crippen molar-refractivity contribution in [3.63, 3.8) is 0 Å². The molecule has 0 aromatic carbocycles. The van der Waals surface area contributed by atoms with Crippen LogP contribution in [0.2, 0.25) is 0 Å². The van der Waals surface area contributed by atoms with Crippen molar-refractivity contribution in [3.8, 4) is 11.4 Å². The number of aryl methyl sites for hydroxylation is 2. The van der Waals surface area contributed by atoms with E-state index >= 15 is 0 Å². The highest BCUT2D eigenvalue weighted by Crippen LogP contribution is 2.25. The molecule has 3 aromatic rings. The topological polar surface area (TPSA) is 71.9 Å². The molecule has 0 saturated carbocycles. The van der Waals surface area contributed by atoms with E-state index in [0.717, 1.165) is 22.4 Å². The van der Waals surface area contributed by atoms with Crippen LogP contribution in [0.3, 0.4) is 0 Å². The van der Waals surface area contributed by atoms with Gasteiger partial charge in [0.1, 0.15) is 0 Å². The zero-order valence-corrected chi connectivity index (χ0v) is 14.1. The summed E-state index contributed by atoms with van der Waals surface area (Å²) in [6.07, 6.45) is 6.88. The third kappa shape index (κ3) is 2.87. The molecule has 1 aliphatic rings. The van der Waals surface area contributed by atoms with E-state index in [-0.39, 0.29) is 5.91 Å². The molecular formula is C19H17N5O. The first-order valence-corrected chi connectivity index (χ1v) is 8.09. The van der Waals surface area contributed by atoms with Crippen LogP contribution in [0.4, 0.5) is 0 Å². The molecule has 0 saturated heterocycles. The second-order valence-corrected chi connectivity index (χ2v) is 6.19. The number of hydrogen-bond acceptors (Lipinski definition) is 5. The molecule has 0 unspecified atom stereocenters. The monoisotopic (exact) mass is 331 g/mol. The fourth-order valence-corrected chi connectivity index (χ4v) is 3.03. The van der Waals surface area contributed by atoms with Gasteiger partial charge in [0.25, 0.3) is 5.91 Å². The third-order valence-corrected chi connectivity index (χ3v) is 4.36. The Balaban J connectivity index is 1.59. The molecular weight excluding hydrogens is 314 g/mol. The fourth-order valence-electron chi connectivity index (χ4n) is 3.03. The molecule has 1 aliphatic heterocycles. The number of carbonyl (C=O) groups is 1. The molecule has 6 heteroatoms. The van der Waals surface area contributed by atoms with Gasteiger partial charge in [0.2, 0.25) is 0 Å². The summed E-state index contributed by atoms with van der Waals surface area (Å²) in [6.45, 7) is 4.97. The maximum absolute atomic E-state index is 12.9. The van der Waals surface area contributed by atoms with E-state index in [1.54, 1.807) is 23.5 Å². The zero-order valence-electron chi connectivity index (χ0n) is 14.1. The largest absolute Gasteiger partial charge is 0.330 e. The fraction of sp³-hybridized carbons (Fsp3) is 0.211.